The van der Waals surface area contributed by atoms with Crippen LogP contribution >= 0.6 is 0 Å². The van der Waals surface area contributed by atoms with E-state index in [2.05, 4.69) is 19.1 Å². The van der Waals surface area contributed by atoms with Gasteiger partial charge in [0.25, 0.3) is 0 Å². The van der Waals surface area contributed by atoms with Crippen LogP contribution in [0.5, 0.6) is 0 Å². The molecule has 3 atom stereocenters. The SMILES string of the molecule is CCCC12CCCCC1CC(=O)C1=CC(OC)=CC=CC12. The van der Waals surface area contributed by atoms with E-state index in [9.17, 15) is 4.79 Å². The first-order valence-electron chi connectivity index (χ1n) is 8.38. The number of methoxy groups -OCH3 is 1. The molecule has 0 aromatic rings. The fraction of sp³-hybridized carbons (Fsp3) is 0.632. The smallest absolute Gasteiger partial charge is 0.159 e. The monoisotopic (exact) mass is 286 g/mol. The maximum atomic E-state index is 12.7. The van der Waals surface area contributed by atoms with Crippen molar-refractivity contribution in [1.82, 2.24) is 0 Å². The zero-order valence-corrected chi connectivity index (χ0v) is 13.2. The Balaban J connectivity index is 2.05. The molecule has 0 spiro atoms. The lowest BCUT2D eigenvalue weighted by atomic mass is 9.51. The number of rotatable bonds is 3. The molecular formula is C19H26O2. The van der Waals surface area contributed by atoms with E-state index in [4.69, 9.17) is 4.74 Å². The normalized spacial score (nSPS) is 35.2. The molecule has 0 saturated heterocycles. The van der Waals surface area contributed by atoms with Crippen LogP contribution in [0.25, 0.3) is 0 Å². The molecule has 0 bridgehead atoms. The van der Waals surface area contributed by atoms with Crippen LogP contribution in [0.4, 0.5) is 0 Å². The molecule has 2 fully saturated rings. The first kappa shape index (κ1) is 14.6. The van der Waals surface area contributed by atoms with Crippen molar-refractivity contribution in [2.45, 2.75) is 51.9 Å². The third-order valence-corrected chi connectivity index (χ3v) is 5.78. The molecule has 0 N–H and O–H groups in total. The summed E-state index contributed by atoms with van der Waals surface area (Å²) in [5, 5.41) is 0. The quantitative estimate of drug-likeness (QED) is 0.759. The largest absolute Gasteiger partial charge is 0.497 e. The summed E-state index contributed by atoms with van der Waals surface area (Å²) >= 11 is 0. The van der Waals surface area contributed by atoms with Crippen molar-refractivity contribution in [3.63, 3.8) is 0 Å². The lowest BCUT2D eigenvalue weighted by Gasteiger charge is -2.52. The predicted octanol–water partition coefficient (Wildman–Crippen LogP) is 4.58. The lowest BCUT2D eigenvalue weighted by molar-refractivity contribution is -0.123. The minimum absolute atomic E-state index is 0.285. The number of hydrogen-bond donors (Lipinski definition) is 0. The second-order valence-corrected chi connectivity index (χ2v) is 6.79. The minimum Gasteiger partial charge on any atom is -0.497 e. The van der Waals surface area contributed by atoms with Gasteiger partial charge in [-0.3, -0.25) is 4.79 Å². The Kier molecular flexibility index (Phi) is 4.05. The van der Waals surface area contributed by atoms with E-state index in [0.717, 1.165) is 17.8 Å². The van der Waals surface area contributed by atoms with Crippen molar-refractivity contribution >= 4 is 5.78 Å². The molecule has 0 radical (unpaired) electrons. The fourth-order valence-electron chi connectivity index (χ4n) is 4.88. The number of carbonyl (C=O) groups excluding carboxylic acids is 1. The van der Waals surface area contributed by atoms with Gasteiger partial charge in [0.05, 0.1) is 7.11 Å². The Bertz CT molecular complexity index is 508. The number of allylic oxidation sites excluding steroid dienone is 5. The van der Waals surface area contributed by atoms with E-state index in [-0.39, 0.29) is 5.92 Å². The van der Waals surface area contributed by atoms with Crippen LogP contribution in [-0.4, -0.2) is 12.9 Å². The molecule has 2 saturated carbocycles. The maximum Gasteiger partial charge on any atom is 0.159 e. The average molecular weight is 286 g/mol. The highest BCUT2D eigenvalue weighted by molar-refractivity contribution is 5.98. The lowest BCUT2D eigenvalue weighted by Crippen LogP contribution is -2.46. The minimum atomic E-state index is 0.285. The molecule has 21 heavy (non-hydrogen) atoms. The van der Waals surface area contributed by atoms with E-state index in [1.807, 2.05) is 12.2 Å². The summed E-state index contributed by atoms with van der Waals surface area (Å²) < 4.78 is 5.38. The van der Waals surface area contributed by atoms with E-state index < -0.39 is 0 Å². The number of ether oxygens (including phenoxy) is 1. The third kappa shape index (κ3) is 2.39. The molecule has 0 heterocycles. The van der Waals surface area contributed by atoms with Gasteiger partial charge in [0, 0.05) is 17.9 Å². The number of ketones is 1. The van der Waals surface area contributed by atoms with Crippen LogP contribution in [0.1, 0.15) is 51.9 Å². The highest BCUT2D eigenvalue weighted by Crippen LogP contribution is 2.57. The van der Waals surface area contributed by atoms with E-state index in [1.54, 1.807) is 7.11 Å². The molecule has 114 valence electrons. The van der Waals surface area contributed by atoms with Crippen molar-refractivity contribution in [3.05, 3.63) is 35.6 Å². The molecule has 3 unspecified atom stereocenters. The summed E-state index contributed by atoms with van der Waals surface area (Å²) in [5.41, 5.74) is 1.30. The van der Waals surface area contributed by atoms with Crippen molar-refractivity contribution < 1.29 is 9.53 Å². The summed E-state index contributed by atoms with van der Waals surface area (Å²) in [4.78, 5) is 12.7. The molecule has 3 aliphatic carbocycles. The van der Waals surface area contributed by atoms with Crippen LogP contribution in [0.15, 0.2) is 35.6 Å². The first-order valence-corrected chi connectivity index (χ1v) is 8.38. The molecular weight excluding hydrogens is 260 g/mol. The Hall–Kier alpha value is -1.31. The van der Waals surface area contributed by atoms with Crippen molar-refractivity contribution in [3.8, 4) is 0 Å². The Morgan fingerprint density at radius 3 is 3.00 bits per heavy atom. The standard InChI is InChI=1S/C19H26O2/c1-3-10-19-11-5-4-7-14(19)12-18(20)16-13-15(21-2)8-6-9-17(16)19/h6,8-9,13-14,17H,3-5,7,10-12H2,1-2H3. The van der Waals surface area contributed by atoms with Gasteiger partial charge in [0.15, 0.2) is 5.78 Å². The van der Waals surface area contributed by atoms with Gasteiger partial charge in [0.2, 0.25) is 0 Å². The van der Waals surface area contributed by atoms with Gasteiger partial charge in [-0.1, -0.05) is 38.3 Å². The van der Waals surface area contributed by atoms with Gasteiger partial charge < -0.3 is 4.74 Å². The first-order chi connectivity index (χ1) is 10.2. The molecule has 0 amide bonds. The topological polar surface area (TPSA) is 26.3 Å². The molecule has 3 rings (SSSR count). The summed E-state index contributed by atoms with van der Waals surface area (Å²) in [7, 11) is 1.68. The Morgan fingerprint density at radius 1 is 1.38 bits per heavy atom. The van der Waals surface area contributed by atoms with Crippen LogP contribution in [0, 0.1) is 17.3 Å². The van der Waals surface area contributed by atoms with Gasteiger partial charge in [-0.05, 0) is 42.7 Å². The molecule has 2 heteroatoms. The van der Waals surface area contributed by atoms with Crippen LogP contribution in [-0.2, 0) is 9.53 Å². The summed E-state index contributed by atoms with van der Waals surface area (Å²) in [6.07, 6.45) is 16.6. The molecule has 2 nitrogen and oxygen atoms in total. The fourth-order valence-corrected chi connectivity index (χ4v) is 4.88. The zero-order chi connectivity index (χ0) is 14.9. The van der Waals surface area contributed by atoms with Crippen LogP contribution in [0.3, 0.4) is 0 Å². The second kappa shape index (κ2) is 5.82. The number of Topliss-reactive ketones (excluding diaryl/α,β-unsaturated/α-hetero) is 1. The van der Waals surface area contributed by atoms with E-state index in [1.165, 1.54) is 38.5 Å². The van der Waals surface area contributed by atoms with Crippen LogP contribution < -0.4 is 0 Å². The van der Waals surface area contributed by atoms with Gasteiger partial charge in [0.1, 0.15) is 5.76 Å². The summed E-state index contributed by atoms with van der Waals surface area (Å²) in [6, 6.07) is 0. The maximum absolute atomic E-state index is 12.7. The zero-order valence-electron chi connectivity index (χ0n) is 13.2. The molecule has 0 aliphatic heterocycles. The van der Waals surface area contributed by atoms with E-state index >= 15 is 0 Å². The van der Waals surface area contributed by atoms with Gasteiger partial charge in [-0.2, -0.15) is 0 Å². The highest BCUT2D eigenvalue weighted by Gasteiger charge is 2.51. The molecule has 0 aromatic carbocycles. The van der Waals surface area contributed by atoms with E-state index in [0.29, 0.717) is 17.1 Å². The van der Waals surface area contributed by atoms with Crippen molar-refractivity contribution in [1.29, 1.82) is 0 Å². The van der Waals surface area contributed by atoms with Crippen molar-refractivity contribution in [2.75, 3.05) is 7.11 Å². The Morgan fingerprint density at radius 2 is 2.24 bits per heavy atom. The average Bonchev–Trinajstić information content (AvgIpc) is 2.72. The van der Waals surface area contributed by atoms with Gasteiger partial charge in [-0.25, -0.2) is 0 Å². The second-order valence-electron chi connectivity index (χ2n) is 6.79. The molecule has 0 aromatic heterocycles. The molecule has 3 aliphatic rings. The van der Waals surface area contributed by atoms with Crippen molar-refractivity contribution in [2.24, 2.45) is 17.3 Å². The summed E-state index contributed by atoms with van der Waals surface area (Å²) in [6.45, 7) is 2.28. The van der Waals surface area contributed by atoms with Gasteiger partial charge >= 0.3 is 0 Å². The number of hydrogen-bond acceptors (Lipinski definition) is 2. The highest BCUT2D eigenvalue weighted by atomic mass is 16.5. The third-order valence-electron chi connectivity index (χ3n) is 5.78. The number of fused-ring (bicyclic) bond motifs is 3. The summed E-state index contributed by atoms with van der Waals surface area (Å²) in [5.74, 6) is 2.01. The Labute approximate surface area is 127 Å². The van der Waals surface area contributed by atoms with Gasteiger partial charge in [-0.15, -0.1) is 0 Å². The number of carbonyl (C=O) groups is 1. The predicted molar refractivity (Wildman–Crippen MR) is 84.7 cm³/mol. The van der Waals surface area contributed by atoms with Crippen LogP contribution in [0.2, 0.25) is 0 Å².